The monoisotopic (exact) mass is 427 g/mol. The van der Waals surface area contributed by atoms with Gasteiger partial charge >= 0.3 is 5.97 Å². The number of benzene rings is 1. The molecule has 1 aromatic heterocycles. The van der Waals surface area contributed by atoms with Gasteiger partial charge in [0.15, 0.2) is 0 Å². The van der Waals surface area contributed by atoms with Crippen molar-refractivity contribution in [3.63, 3.8) is 0 Å². The minimum absolute atomic E-state index is 0.0111. The number of aryl methyl sites for hydroxylation is 1. The highest BCUT2D eigenvalue weighted by molar-refractivity contribution is 7.89. The first-order valence-corrected chi connectivity index (χ1v) is 11.6. The molecule has 0 saturated carbocycles. The summed E-state index contributed by atoms with van der Waals surface area (Å²) >= 11 is 0. The van der Waals surface area contributed by atoms with Gasteiger partial charge in [-0.3, -0.25) is 9.48 Å². The number of carboxylic acid groups (broad SMARTS) is 1. The number of allylic oxidation sites excluding steroid dienone is 4. The van der Waals surface area contributed by atoms with Crippen LogP contribution in [0.4, 0.5) is 0 Å². The number of carbonyl (C=O) groups is 1. The van der Waals surface area contributed by atoms with Crippen LogP contribution in [0.3, 0.4) is 0 Å². The van der Waals surface area contributed by atoms with E-state index in [1.165, 1.54) is 0 Å². The van der Waals surface area contributed by atoms with E-state index < -0.39 is 16.0 Å². The van der Waals surface area contributed by atoms with Gasteiger partial charge in [-0.25, -0.2) is 13.1 Å². The Morgan fingerprint density at radius 1 is 1.23 bits per heavy atom. The van der Waals surface area contributed by atoms with Crippen LogP contribution in [-0.4, -0.2) is 29.3 Å². The average molecular weight is 428 g/mol. The van der Waals surface area contributed by atoms with Gasteiger partial charge in [0.05, 0.1) is 30.1 Å². The fourth-order valence-electron chi connectivity index (χ4n) is 4.11. The van der Waals surface area contributed by atoms with E-state index in [0.717, 1.165) is 36.1 Å². The zero-order chi connectivity index (χ0) is 21.1. The van der Waals surface area contributed by atoms with Crippen LogP contribution in [0.5, 0.6) is 0 Å². The van der Waals surface area contributed by atoms with Crippen molar-refractivity contribution < 1.29 is 18.3 Å². The molecule has 2 unspecified atom stereocenters. The summed E-state index contributed by atoms with van der Waals surface area (Å²) in [5.41, 5.74) is 2.85. The lowest BCUT2D eigenvalue weighted by Crippen LogP contribution is -2.31. The highest BCUT2D eigenvalue weighted by Crippen LogP contribution is 2.31. The molecular formula is C22H25N3O4S. The van der Waals surface area contributed by atoms with Crippen molar-refractivity contribution in [2.24, 2.45) is 0 Å². The second-order valence-corrected chi connectivity index (χ2v) is 9.42. The van der Waals surface area contributed by atoms with E-state index in [2.05, 4.69) is 22.0 Å². The normalized spacial score (nSPS) is 20.8. The molecule has 1 heterocycles. The lowest BCUT2D eigenvalue weighted by Gasteiger charge is -2.24. The molecular weight excluding hydrogens is 402 g/mol. The number of nitrogens with zero attached hydrogens (tertiary/aromatic N) is 2. The largest absolute Gasteiger partial charge is 0.481 e. The third-order valence-corrected chi connectivity index (χ3v) is 7.18. The highest BCUT2D eigenvalue weighted by atomic mass is 32.2. The molecule has 2 N–H and O–H groups in total. The third kappa shape index (κ3) is 4.39. The highest BCUT2D eigenvalue weighted by Gasteiger charge is 2.28. The van der Waals surface area contributed by atoms with Gasteiger partial charge < -0.3 is 5.11 Å². The van der Waals surface area contributed by atoms with Gasteiger partial charge in [0.25, 0.3) is 0 Å². The standard InChI is InChI=1S/C22H25N3O4S/c26-22(27)13-14-25-21-8-4-7-20(19(21)15-23-25)24-30(28,29)18-11-9-17(10-12-18)16-5-2-1-3-6-16/h1-3,5,9-12,15-16,20,24H,4,6-8,13-14H2,(H,26,27). The predicted molar refractivity (Wildman–Crippen MR) is 113 cm³/mol. The van der Waals surface area contributed by atoms with E-state index in [9.17, 15) is 13.2 Å². The Labute approximate surface area is 176 Å². The SMILES string of the molecule is O=C(O)CCn1ncc2c1CCCC2NS(=O)(=O)c1ccc(C2C=CC=CC2)cc1. The van der Waals surface area contributed by atoms with Gasteiger partial charge in [0, 0.05) is 17.2 Å². The van der Waals surface area contributed by atoms with Gasteiger partial charge in [0.2, 0.25) is 10.0 Å². The van der Waals surface area contributed by atoms with Gasteiger partial charge in [-0.1, -0.05) is 36.4 Å². The van der Waals surface area contributed by atoms with Crippen molar-refractivity contribution in [3.8, 4) is 0 Å². The van der Waals surface area contributed by atoms with E-state index in [-0.39, 0.29) is 29.8 Å². The molecule has 2 aliphatic carbocycles. The van der Waals surface area contributed by atoms with E-state index in [1.54, 1.807) is 23.0 Å². The van der Waals surface area contributed by atoms with Crippen LogP contribution >= 0.6 is 0 Å². The predicted octanol–water partition coefficient (Wildman–Crippen LogP) is 3.31. The lowest BCUT2D eigenvalue weighted by molar-refractivity contribution is -0.137. The molecule has 158 valence electrons. The van der Waals surface area contributed by atoms with Crippen LogP contribution in [0.2, 0.25) is 0 Å². The average Bonchev–Trinajstić information content (AvgIpc) is 3.17. The molecule has 30 heavy (non-hydrogen) atoms. The van der Waals surface area contributed by atoms with Crippen molar-refractivity contribution in [1.82, 2.24) is 14.5 Å². The van der Waals surface area contributed by atoms with Crippen molar-refractivity contribution in [1.29, 1.82) is 0 Å². The fourth-order valence-corrected chi connectivity index (χ4v) is 5.36. The maximum absolute atomic E-state index is 13.0. The van der Waals surface area contributed by atoms with Gasteiger partial charge in [-0.15, -0.1) is 0 Å². The van der Waals surface area contributed by atoms with Crippen molar-refractivity contribution in [2.45, 2.75) is 55.5 Å². The summed E-state index contributed by atoms with van der Waals surface area (Å²) in [6.45, 7) is 0.288. The number of hydrogen-bond donors (Lipinski definition) is 2. The smallest absolute Gasteiger partial charge is 0.305 e. The topological polar surface area (TPSA) is 101 Å². The lowest BCUT2D eigenvalue weighted by atomic mass is 9.93. The Kier molecular flexibility index (Phi) is 5.87. The zero-order valence-electron chi connectivity index (χ0n) is 16.6. The van der Waals surface area contributed by atoms with Crippen LogP contribution < -0.4 is 4.72 Å². The van der Waals surface area contributed by atoms with Crippen molar-refractivity contribution in [3.05, 3.63) is 71.6 Å². The molecule has 0 bridgehead atoms. The summed E-state index contributed by atoms with van der Waals surface area (Å²) in [5.74, 6) is -0.604. The number of aliphatic carboxylic acids is 1. The van der Waals surface area contributed by atoms with Crippen LogP contribution in [0.25, 0.3) is 0 Å². The molecule has 7 nitrogen and oxygen atoms in total. The van der Waals surface area contributed by atoms with E-state index >= 15 is 0 Å². The van der Waals surface area contributed by atoms with Crippen molar-refractivity contribution >= 4 is 16.0 Å². The summed E-state index contributed by atoms with van der Waals surface area (Å²) in [6.07, 6.45) is 13.1. The van der Waals surface area contributed by atoms with E-state index in [4.69, 9.17) is 5.11 Å². The molecule has 0 spiro atoms. The van der Waals surface area contributed by atoms with E-state index in [0.29, 0.717) is 6.42 Å². The van der Waals surface area contributed by atoms with Crippen LogP contribution in [0, 0.1) is 0 Å². The second kappa shape index (κ2) is 8.57. The molecule has 8 heteroatoms. The third-order valence-electron chi connectivity index (χ3n) is 5.70. The maximum atomic E-state index is 13.0. The maximum Gasteiger partial charge on any atom is 0.305 e. The Balaban J connectivity index is 1.50. The molecule has 1 aromatic carbocycles. The summed E-state index contributed by atoms with van der Waals surface area (Å²) in [5, 5.41) is 13.2. The molecule has 0 fully saturated rings. The number of nitrogens with one attached hydrogen (secondary N) is 1. The molecule has 0 radical (unpaired) electrons. The second-order valence-electron chi connectivity index (χ2n) is 7.70. The molecule has 0 aliphatic heterocycles. The van der Waals surface area contributed by atoms with Crippen LogP contribution in [0.1, 0.15) is 54.5 Å². The number of rotatable bonds is 7. The van der Waals surface area contributed by atoms with Crippen molar-refractivity contribution in [2.75, 3.05) is 0 Å². The minimum Gasteiger partial charge on any atom is -0.481 e. The van der Waals surface area contributed by atoms with Crippen LogP contribution in [0.15, 0.2) is 59.7 Å². The zero-order valence-corrected chi connectivity index (χ0v) is 17.4. The van der Waals surface area contributed by atoms with Gasteiger partial charge in [-0.2, -0.15) is 5.10 Å². The number of hydrogen-bond acceptors (Lipinski definition) is 4. The number of aromatic nitrogens is 2. The fraction of sp³-hybridized carbons (Fsp3) is 0.364. The Morgan fingerprint density at radius 2 is 2.03 bits per heavy atom. The Bertz CT molecular complexity index is 1080. The summed E-state index contributed by atoms with van der Waals surface area (Å²) < 4.78 is 30.5. The molecule has 0 amide bonds. The molecule has 2 aromatic rings. The number of fused-ring (bicyclic) bond motifs is 1. The molecule has 0 saturated heterocycles. The molecule has 2 aliphatic rings. The number of sulfonamides is 1. The molecule has 4 rings (SSSR count). The minimum atomic E-state index is -3.68. The van der Waals surface area contributed by atoms with Crippen LogP contribution in [-0.2, 0) is 27.8 Å². The summed E-state index contributed by atoms with van der Waals surface area (Å²) in [6, 6.07) is 6.70. The Morgan fingerprint density at radius 3 is 2.73 bits per heavy atom. The van der Waals surface area contributed by atoms with Gasteiger partial charge in [-0.05, 0) is 43.4 Å². The quantitative estimate of drug-likeness (QED) is 0.706. The molecule has 2 atom stereocenters. The first-order valence-electron chi connectivity index (χ1n) is 10.2. The van der Waals surface area contributed by atoms with E-state index in [1.807, 2.05) is 24.3 Å². The van der Waals surface area contributed by atoms with Gasteiger partial charge in [0.1, 0.15) is 0 Å². The first kappa shape index (κ1) is 20.6. The summed E-state index contributed by atoms with van der Waals surface area (Å²) in [4.78, 5) is 11.1. The number of carboxylic acids is 1. The summed E-state index contributed by atoms with van der Waals surface area (Å²) in [7, 11) is -3.68. The first-order chi connectivity index (χ1) is 14.4. The Hall–Kier alpha value is -2.71.